The SMILES string of the molecule is COC(=O)C1COCCN1S(=O)(=O)N1CCCC1. The summed E-state index contributed by atoms with van der Waals surface area (Å²) in [5.41, 5.74) is 0. The monoisotopic (exact) mass is 278 g/mol. The van der Waals surface area contributed by atoms with Gasteiger partial charge < -0.3 is 9.47 Å². The summed E-state index contributed by atoms with van der Waals surface area (Å²) in [6.07, 6.45) is 1.74. The molecule has 2 heterocycles. The molecular formula is C10H18N2O5S. The van der Waals surface area contributed by atoms with Crippen molar-refractivity contribution in [2.75, 3.05) is 40.0 Å². The topological polar surface area (TPSA) is 76.1 Å². The van der Waals surface area contributed by atoms with Crippen molar-refractivity contribution in [2.24, 2.45) is 0 Å². The highest BCUT2D eigenvalue weighted by Crippen LogP contribution is 2.21. The number of rotatable bonds is 3. The summed E-state index contributed by atoms with van der Waals surface area (Å²) < 4.78 is 37.2. The number of esters is 1. The van der Waals surface area contributed by atoms with Crippen LogP contribution >= 0.6 is 0 Å². The molecule has 2 fully saturated rings. The molecule has 104 valence electrons. The van der Waals surface area contributed by atoms with Crippen molar-refractivity contribution in [1.82, 2.24) is 8.61 Å². The first-order valence-electron chi connectivity index (χ1n) is 6.00. The predicted molar refractivity (Wildman–Crippen MR) is 63.1 cm³/mol. The van der Waals surface area contributed by atoms with Crippen LogP contribution in [0.2, 0.25) is 0 Å². The van der Waals surface area contributed by atoms with E-state index >= 15 is 0 Å². The Balaban J connectivity index is 2.19. The molecule has 0 aliphatic carbocycles. The number of methoxy groups -OCH3 is 1. The fourth-order valence-electron chi connectivity index (χ4n) is 2.25. The second kappa shape index (κ2) is 5.52. The van der Waals surface area contributed by atoms with Crippen molar-refractivity contribution < 1.29 is 22.7 Å². The second-order valence-electron chi connectivity index (χ2n) is 4.34. The summed E-state index contributed by atoms with van der Waals surface area (Å²) >= 11 is 0. The van der Waals surface area contributed by atoms with Crippen LogP contribution in [-0.4, -0.2) is 69.0 Å². The van der Waals surface area contributed by atoms with Gasteiger partial charge in [-0.3, -0.25) is 4.79 Å². The molecular weight excluding hydrogens is 260 g/mol. The highest BCUT2D eigenvalue weighted by molar-refractivity contribution is 7.86. The molecule has 7 nitrogen and oxygen atoms in total. The maximum absolute atomic E-state index is 12.4. The average Bonchev–Trinajstić information content (AvgIpc) is 2.92. The van der Waals surface area contributed by atoms with Crippen molar-refractivity contribution in [2.45, 2.75) is 18.9 Å². The van der Waals surface area contributed by atoms with E-state index in [1.54, 1.807) is 0 Å². The number of hydrogen-bond donors (Lipinski definition) is 0. The lowest BCUT2D eigenvalue weighted by Gasteiger charge is -2.35. The maximum atomic E-state index is 12.4. The van der Waals surface area contributed by atoms with Crippen molar-refractivity contribution in [1.29, 1.82) is 0 Å². The van der Waals surface area contributed by atoms with Gasteiger partial charge in [0, 0.05) is 19.6 Å². The number of ether oxygens (including phenoxy) is 2. The van der Waals surface area contributed by atoms with Crippen LogP contribution < -0.4 is 0 Å². The van der Waals surface area contributed by atoms with Gasteiger partial charge in [0.1, 0.15) is 6.04 Å². The summed E-state index contributed by atoms with van der Waals surface area (Å²) in [7, 11) is -2.33. The normalized spacial score (nSPS) is 27.3. The third kappa shape index (κ3) is 2.51. The average molecular weight is 278 g/mol. The molecule has 1 unspecified atom stereocenters. The largest absolute Gasteiger partial charge is 0.468 e. The van der Waals surface area contributed by atoms with Gasteiger partial charge in [-0.25, -0.2) is 0 Å². The van der Waals surface area contributed by atoms with Crippen molar-refractivity contribution >= 4 is 16.2 Å². The fourth-order valence-corrected chi connectivity index (χ4v) is 4.04. The zero-order chi connectivity index (χ0) is 13.2. The molecule has 18 heavy (non-hydrogen) atoms. The van der Waals surface area contributed by atoms with Gasteiger partial charge in [0.05, 0.1) is 20.3 Å². The van der Waals surface area contributed by atoms with Crippen molar-refractivity contribution in [3.8, 4) is 0 Å². The minimum absolute atomic E-state index is 0.0553. The Bertz CT molecular complexity index is 404. The quantitative estimate of drug-likeness (QED) is 0.632. The Kier molecular flexibility index (Phi) is 4.21. The second-order valence-corrected chi connectivity index (χ2v) is 6.22. The Morgan fingerprint density at radius 2 is 1.94 bits per heavy atom. The molecule has 2 rings (SSSR count). The predicted octanol–water partition coefficient (Wildman–Crippen LogP) is -0.799. The maximum Gasteiger partial charge on any atom is 0.326 e. The number of nitrogens with zero attached hydrogens (tertiary/aromatic N) is 2. The molecule has 0 aromatic carbocycles. The van der Waals surface area contributed by atoms with Crippen LogP contribution in [0.4, 0.5) is 0 Å². The zero-order valence-corrected chi connectivity index (χ0v) is 11.2. The van der Waals surface area contributed by atoms with Crippen LogP contribution in [0, 0.1) is 0 Å². The van der Waals surface area contributed by atoms with E-state index in [-0.39, 0.29) is 13.2 Å². The minimum Gasteiger partial charge on any atom is -0.468 e. The zero-order valence-electron chi connectivity index (χ0n) is 10.4. The highest BCUT2D eigenvalue weighted by atomic mass is 32.2. The van der Waals surface area contributed by atoms with Crippen LogP contribution in [0.15, 0.2) is 0 Å². The molecule has 0 amide bonds. The molecule has 2 aliphatic heterocycles. The van der Waals surface area contributed by atoms with E-state index in [2.05, 4.69) is 4.74 Å². The van der Waals surface area contributed by atoms with Gasteiger partial charge in [0.2, 0.25) is 0 Å². The molecule has 0 radical (unpaired) electrons. The summed E-state index contributed by atoms with van der Waals surface area (Å²) in [4.78, 5) is 11.6. The third-order valence-electron chi connectivity index (χ3n) is 3.24. The van der Waals surface area contributed by atoms with Gasteiger partial charge in [-0.05, 0) is 12.8 Å². The van der Waals surface area contributed by atoms with E-state index in [0.717, 1.165) is 12.8 Å². The lowest BCUT2D eigenvalue weighted by molar-refractivity contribution is -0.149. The molecule has 2 aliphatic rings. The molecule has 1 atom stereocenters. The molecule has 0 spiro atoms. The number of morpholine rings is 1. The van der Waals surface area contributed by atoms with Gasteiger partial charge in [0.25, 0.3) is 10.2 Å². The Morgan fingerprint density at radius 3 is 2.56 bits per heavy atom. The lowest BCUT2D eigenvalue weighted by Crippen LogP contribution is -2.56. The number of hydrogen-bond acceptors (Lipinski definition) is 5. The van der Waals surface area contributed by atoms with E-state index in [1.807, 2.05) is 0 Å². The van der Waals surface area contributed by atoms with Crippen LogP contribution in [0.25, 0.3) is 0 Å². The number of carbonyl (C=O) groups excluding carboxylic acids is 1. The highest BCUT2D eigenvalue weighted by Gasteiger charge is 2.41. The van der Waals surface area contributed by atoms with Crippen LogP contribution in [-0.2, 0) is 24.5 Å². The standard InChI is InChI=1S/C10H18N2O5S/c1-16-10(13)9-8-17-7-6-12(9)18(14,15)11-4-2-3-5-11/h9H,2-8H2,1H3. The van der Waals surface area contributed by atoms with Crippen molar-refractivity contribution in [3.05, 3.63) is 0 Å². The van der Waals surface area contributed by atoms with Crippen molar-refractivity contribution in [3.63, 3.8) is 0 Å². The van der Waals surface area contributed by atoms with Gasteiger partial charge >= 0.3 is 5.97 Å². The molecule has 0 aromatic heterocycles. The van der Waals surface area contributed by atoms with E-state index in [1.165, 1.54) is 15.7 Å². The third-order valence-corrected chi connectivity index (χ3v) is 5.29. The Hall–Kier alpha value is -0.700. The Labute approximate surface area is 107 Å². The van der Waals surface area contributed by atoms with Gasteiger partial charge in [0.15, 0.2) is 0 Å². The fraction of sp³-hybridized carbons (Fsp3) is 0.900. The molecule has 0 saturated carbocycles. The summed E-state index contributed by atoms with van der Waals surface area (Å²) in [6, 6.07) is -0.866. The first-order valence-corrected chi connectivity index (χ1v) is 7.39. The van der Waals surface area contributed by atoms with E-state index in [4.69, 9.17) is 4.74 Å². The Morgan fingerprint density at radius 1 is 1.28 bits per heavy atom. The van der Waals surface area contributed by atoms with E-state index in [0.29, 0.717) is 19.7 Å². The molecule has 0 aromatic rings. The van der Waals surface area contributed by atoms with E-state index < -0.39 is 22.2 Å². The van der Waals surface area contributed by atoms with Gasteiger partial charge in [-0.2, -0.15) is 17.0 Å². The summed E-state index contributed by atoms with van der Waals surface area (Å²) in [5, 5.41) is 0. The van der Waals surface area contributed by atoms with E-state index in [9.17, 15) is 13.2 Å². The smallest absolute Gasteiger partial charge is 0.326 e. The minimum atomic E-state index is -3.58. The van der Waals surface area contributed by atoms with Crippen LogP contribution in [0.1, 0.15) is 12.8 Å². The van der Waals surface area contributed by atoms with Gasteiger partial charge in [-0.15, -0.1) is 0 Å². The number of carbonyl (C=O) groups is 1. The summed E-state index contributed by atoms with van der Waals surface area (Å²) in [5.74, 6) is -0.572. The lowest BCUT2D eigenvalue weighted by atomic mass is 10.3. The van der Waals surface area contributed by atoms with Crippen LogP contribution in [0.5, 0.6) is 0 Å². The first-order chi connectivity index (χ1) is 8.57. The first kappa shape index (κ1) is 13.7. The molecule has 0 bridgehead atoms. The van der Waals surface area contributed by atoms with Gasteiger partial charge in [-0.1, -0.05) is 0 Å². The molecule has 2 saturated heterocycles. The van der Waals surface area contributed by atoms with Crippen LogP contribution in [0.3, 0.4) is 0 Å². The summed E-state index contributed by atoms with van der Waals surface area (Å²) in [6.45, 7) is 1.60. The molecule has 8 heteroatoms. The molecule has 0 N–H and O–H groups in total.